The zero-order valence-electron chi connectivity index (χ0n) is 13.9. The van der Waals surface area contributed by atoms with Crippen molar-refractivity contribution in [1.29, 1.82) is 0 Å². The zero-order valence-corrected chi connectivity index (χ0v) is 14.7. The van der Waals surface area contributed by atoms with Crippen LogP contribution >= 0.6 is 11.6 Å². The third-order valence-corrected chi connectivity index (χ3v) is 4.43. The van der Waals surface area contributed by atoms with Crippen molar-refractivity contribution in [1.82, 2.24) is 15.3 Å². The number of para-hydroxylation sites is 1. The number of aromatic nitrogens is 2. The molecule has 7 heteroatoms. The van der Waals surface area contributed by atoms with Crippen LogP contribution in [0.25, 0.3) is 22.1 Å². The van der Waals surface area contributed by atoms with E-state index in [-0.39, 0.29) is 11.9 Å². The molecule has 25 heavy (non-hydrogen) atoms. The Hall–Kier alpha value is -2.28. The second kappa shape index (κ2) is 7.31. The Morgan fingerprint density at radius 1 is 1.20 bits per heavy atom. The summed E-state index contributed by atoms with van der Waals surface area (Å²) in [7, 11) is 0. The van der Waals surface area contributed by atoms with Gasteiger partial charge in [-0.05, 0) is 37.1 Å². The Morgan fingerprint density at radius 3 is 2.76 bits per heavy atom. The summed E-state index contributed by atoms with van der Waals surface area (Å²) in [5.74, 6) is -0.205. The standard InChI is InChI=1S/C18H20ClN5O/c1-10-5-6-13(19)17-15(10)24-16-12(3-2-4-14(16)23-17)18(25)22-8-7-11(21)9-20/h2-6,11H,7-9,20-21H2,1H3,(H,22,25). The van der Waals surface area contributed by atoms with E-state index in [0.717, 1.165) is 5.56 Å². The molecule has 130 valence electrons. The van der Waals surface area contributed by atoms with E-state index in [9.17, 15) is 4.79 Å². The second-order valence-electron chi connectivity index (χ2n) is 6.00. The van der Waals surface area contributed by atoms with Crippen LogP contribution in [0.5, 0.6) is 0 Å². The molecule has 0 saturated carbocycles. The lowest BCUT2D eigenvalue weighted by molar-refractivity contribution is 0.0954. The first-order valence-electron chi connectivity index (χ1n) is 8.10. The van der Waals surface area contributed by atoms with Crippen molar-refractivity contribution >= 4 is 39.6 Å². The fourth-order valence-corrected chi connectivity index (χ4v) is 2.84. The van der Waals surface area contributed by atoms with Crippen LogP contribution in [0, 0.1) is 6.92 Å². The van der Waals surface area contributed by atoms with Crippen molar-refractivity contribution < 1.29 is 4.79 Å². The molecule has 0 fully saturated rings. The molecule has 0 aliphatic carbocycles. The van der Waals surface area contributed by atoms with Crippen LogP contribution < -0.4 is 16.8 Å². The van der Waals surface area contributed by atoms with Gasteiger partial charge in [0.05, 0.1) is 21.6 Å². The van der Waals surface area contributed by atoms with E-state index in [1.54, 1.807) is 18.2 Å². The van der Waals surface area contributed by atoms with Gasteiger partial charge in [0.15, 0.2) is 0 Å². The predicted molar refractivity (Wildman–Crippen MR) is 101 cm³/mol. The van der Waals surface area contributed by atoms with E-state index < -0.39 is 0 Å². The minimum atomic E-state index is -0.205. The number of hydrogen-bond acceptors (Lipinski definition) is 5. The van der Waals surface area contributed by atoms with Gasteiger partial charge in [0.1, 0.15) is 11.0 Å². The van der Waals surface area contributed by atoms with Crippen molar-refractivity contribution in [3.05, 3.63) is 46.5 Å². The van der Waals surface area contributed by atoms with Gasteiger partial charge in [-0.15, -0.1) is 0 Å². The summed E-state index contributed by atoms with van der Waals surface area (Å²) in [6.07, 6.45) is 0.621. The molecular weight excluding hydrogens is 338 g/mol. The van der Waals surface area contributed by atoms with Crippen LogP contribution in [-0.4, -0.2) is 35.0 Å². The largest absolute Gasteiger partial charge is 0.352 e. The van der Waals surface area contributed by atoms with Gasteiger partial charge in [-0.2, -0.15) is 0 Å². The Labute approximate surface area is 150 Å². The average molecular weight is 358 g/mol. The van der Waals surface area contributed by atoms with Crippen LogP contribution in [0.1, 0.15) is 22.3 Å². The van der Waals surface area contributed by atoms with Crippen LogP contribution in [0.3, 0.4) is 0 Å². The monoisotopic (exact) mass is 357 g/mol. The number of halogens is 1. The molecule has 0 spiro atoms. The molecule has 0 radical (unpaired) electrons. The highest BCUT2D eigenvalue weighted by Gasteiger charge is 2.14. The molecule has 1 unspecified atom stereocenters. The van der Waals surface area contributed by atoms with E-state index in [4.69, 9.17) is 23.1 Å². The molecule has 1 atom stereocenters. The van der Waals surface area contributed by atoms with Gasteiger partial charge >= 0.3 is 0 Å². The predicted octanol–water partition coefficient (Wildman–Crippen LogP) is 2.15. The summed E-state index contributed by atoms with van der Waals surface area (Å²) < 4.78 is 0. The number of nitrogens with zero attached hydrogens (tertiary/aromatic N) is 2. The van der Waals surface area contributed by atoms with Gasteiger partial charge < -0.3 is 16.8 Å². The number of carbonyl (C=O) groups excluding carboxylic acids is 1. The molecule has 3 rings (SSSR count). The lowest BCUT2D eigenvalue weighted by Gasteiger charge is -2.11. The fourth-order valence-electron chi connectivity index (χ4n) is 2.64. The van der Waals surface area contributed by atoms with E-state index in [2.05, 4.69) is 15.3 Å². The van der Waals surface area contributed by atoms with E-state index in [1.165, 1.54) is 0 Å². The molecule has 0 aliphatic rings. The highest BCUT2D eigenvalue weighted by atomic mass is 35.5. The van der Waals surface area contributed by atoms with Crippen molar-refractivity contribution in [2.24, 2.45) is 11.5 Å². The molecule has 1 amide bonds. The number of amides is 1. The number of nitrogens with two attached hydrogens (primary N) is 2. The van der Waals surface area contributed by atoms with Gasteiger partial charge in [0, 0.05) is 19.1 Å². The average Bonchev–Trinajstić information content (AvgIpc) is 2.62. The molecular formula is C18H20ClN5O. The van der Waals surface area contributed by atoms with Crippen molar-refractivity contribution in [2.75, 3.05) is 13.1 Å². The van der Waals surface area contributed by atoms with Gasteiger partial charge in [-0.3, -0.25) is 4.79 Å². The molecule has 1 heterocycles. The third-order valence-electron chi connectivity index (χ3n) is 4.12. The topological polar surface area (TPSA) is 107 Å². The van der Waals surface area contributed by atoms with Crippen LogP contribution in [-0.2, 0) is 0 Å². The minimum Gasteiger partial charge on any atom is -0.352 e. The normalized spacial score (nSPS) is 12.5. The van der Waals surface area contributed by atoms with Gasteiger partial charge in [0.2, 0.25) is 0 Å². The molecule has 6 nitrogen and oxygen atoms in total. The SMILES string of the molecule is Cc1ccc(Cl)c2nc3cccc(C(=O)NCCC(N)CN)c3nc12. The molecule has 2 aromatic carbocycles. The van der Waals surface area contributed by atoms with Gasteiger partial charge in [-0.1, -0.05) is 23.7 Å². The Bertz CT molecular complexity index is 944. The first-order valence-corrected chi connectivity index (χ1v) is 8.48. The maximum absolute atomic E-state index is 12.5. The van der Waals surface area contributed by atoms with E-state index in [0.29, 0.717) is 52.2 Å². The number of nitrogens with one attached hydrogen (secondary N) is 1. The highest BCUT2D eigenvalue weighted by molar-refractivity contribution is 6.35. The van der Waals surface area contributed by atoms with Crippen molar-refractivity contribution in [2.45, 2.75) is 19.4 Å². The Balaban J connectivity index is 2.00. The maximum atomic E-state index is 12.5. The summed E-state index contributed by atoms with van der Waals surface area (Å²) >= 11 is 6.24. The lowest BCUT2D eigenvalue weighted by Crippen LogP contribution is -2.35. The first kappa shape index (κ1) is 17.5. The molecule has 0 bridgehead atoms. The second-order valence-corrected chi connectivity index (χ2v) is 6.41. The summed E-state index contributed by atoms with van der Waals surface area (Å²) in [4.78, 5) is 21.8. The maximum Gasteiger partial charge on any atom is 0.253 e. The zero-order chi connectivity index (χ0) is 18.0. The molecule has 3 aromatic rings. The van der Waals surface area contributed by atoms with Gasteiger partial charge in [-0.25, -0.2) is 9.97 Å². The summed E-state index contributed by atoms with van der Waals surface area (Å²) in [5.41, 5.74) is 15.2. The summed E-state index contributed by atoms with van der Waals surface area (Å²) in [6.45, 7) is 2.79. The number of aryl methyl sites for hydroxylation is 1. The molecule has 0 aliphatic heterocycles. The number of carbonyl (C=O) groups is 1. The summed E-state index contributed by atoms with van der Waals surface area (Å²) in [6, 6.07) is 8.91. The lowest BCUT2D eigenvalue weighted by atomic mass is 10.1. The van der Waals surface area contributed by atoms with Crippen molar-refractivity contribution in [3.8, 4) is 0 Å². The Kier molecular flexibility index (Phi) is 5.13. The smallest absolute Gasteiger partial charge is 0.253 e. The van der Waals surface area contributed by atoms with Crippen LogP contribution in [0.2, 0.25) is 5.02 Å². The third kappa shape index (κ3) is 3.56. The van der Waals surface area contributed by atoms with Crippen LogP contribution in [0.15, 0.2) is 30.3 Å². The fraction of sp³-hybridized carbons (Fsp3) is 0.278. The summed E-state index contributed by atoms with van der Waals surface area (Å²) in [5, 5.41) is 3.40. The number of hydrogen-bond donors (Lipinski definition) is 3. The minimum absolute atomic E-state index is 0.124. The van der Waals surface area contributed by atoms with Gasteiger partial charge in [0.25, 0.3) is 5.91 Å². The molecule has 1 aromatic heterocycles. The highest BCUT2D eigenvalue weighted by Crippen LogP contribution is 2.26. The van der Waals surface area contributed by atoms with Crippen molar-refractivity contribution in [3.63, 3.8) is 0 Å². The van der Waals surface area contributed by atoms with E-state index >= 15 is 0 Å². The molecule has 5 N–H and O–H groups in total. The Morgan fingerprint density at radius 2 is 2.00 bits per heavy atom. The number of benzene rings is 2. The molecule has 0 saturated heterocycles. The quantitative estimate of drug-likeness (QED) is 0.606. The van der Waals surface area contributed by atoms with E-state index in [1.807, 2.05) is 19.1 Å². The first-order chi connectivity index (χ1) is 12.0. The number of fused-ring (bicyclic) bond motifs is 2. The van der Waals surface area contributed by atoms with Crippen LogP contribution in [0.4, 0.5) is 0 Å². The number of rotatable bonds is 5.